The average Bonchev–Trinajstić information content (AvgIpc) is 2.35. The number of carbonyl (C=O) groups is 1. The Morgan fingerprint density at radius 2 is 2.22 bits per heavy atom. The van der Waals surface area contributed by atoms with Gasteiger partial charge in [0, 0.05) is 25.6 Å². The minimum Gasteiger partial charge on any atom is -0.369 e. The van der Waals surface area contributed by atoms with E-state index in [0.29, 0.717) is 29.1 Å². The van der Waals surface area contributed by atoms with Crippen LogP contribution in [0.5, 0.6) is 0 Å². The fourth-order valence-corrected chi connectivity index (χ4v) is 1.85. The Balaban J connectivity index is 2.39. The Morgan fingerprint density at radius 3 is 2.89 bits per heavy atom. The van der Waals surface area contributed by atoms with Gasteiger partial charge in [0.1, 0.15) is 11.0 Å². The van der Waals surface area contributed by atoms with Crippen molar-refractivity contribution in [3.8, 4) is 0 Å². The van der Waals surface area contributed by atoms with Crippen molar-refractivity contribution in [1.82, 2.24) is 15.3 Å². The first-order valence-electron chi connectivity index (χ1n) is 5.75. The number of hydrogen-bond donors (Lipinski definition) is 2. The Bertz CT molecular complexity index is 403. The molecular formula is C11H17ClN4OS. The maximum absolute atomic E-state index is 11.4. The van der Waals surface area contributed by atoms with E-state index in [0.717, 1.165) is 13.0 Å². The van der Waals surface area contributed by atoms with Crippen molar-refractivity contribution in [3.63, 3.8) is 0 Å². The Hall–Kier alpha value is -1.01. The molecule has 0 atom stereocenters. The van der Waals surface area contributed by atoms with E-state index in [1.54, 1.807) is 6.07 Å². The van der Waals surface area contributed by atoms with E-state index >= 15 is 0 Å². The van der Waals surface area contributed by atoms with Gasteiger partial charge in [-0.15, -0.1) is 0 Å². The number of thioether (sulfide) groups is 1. The van der Waals surface area contributed by atoms with Gasteiger partial charge in [0.05, 0.1) is 0 Å². The topological polar surface area (TPSA) is 66.9 Å². The number of nitrogens with zero attached hydrogens (tertiary/aromatic N) is 2. The molecule has 0 saturated carbocycles. The minimum atomic E-state index is 0.0367. The Labute approximate surface area is 116 Å². The summed E-state index contributed by atoms with van der Waals surface area (Å²) in [6.45, 7) is 3.26. The lowest BCUT2D eigenvalue weighted by Gasteiger charge is -2.07. The molecule has 0 aliphatic carbocycles. The summed E-state index contributed by atoms with van der Waals surface area (Å²) in [6.07, 6.45) is 3.24. The molecule has 1 heterocycles. The lowest BCUT2D eigenvalue weighted by molar-refractivity contribution is -0.120. The van der Waals surface area contributed by atoms with Crippen molar-refractivity contribution in [2.24, 2.45) is 0 Å². The van der Waals surface area contributed by atoms with E-state index in [1.165, 1.54) is 11.8 Å². The third-order valence-corrected chi connectivity index (χ3v) is 2.83. The quantitative estimate of drug-likeness (QED) is 0.457. The zero-order valence-electron chi connectivity index (χ0n) is 10.5. The van der Waals surface area contributed by atoms with Crippen LogP contribution < -0.4 is 10.6 Å². The van der Waals surface area contributed by atoms with Gasteiger partial charge in [0.15, 0.2) is 5.16 Å². The fraction of sp³-hybridized carbons (Fsp3) is 0.545. The highest BCUT2D eigenvalue weighted by Gasteiger charge is 2.03. The van der Waals surface area contributed by atoms with Crippen molar-refractivity contribution < 1.29 is 4.79 Å². The Kier molecular flexibility index (Phi) is 6.82. The first kappa shape index (κ1) is 15.0. The van der Waals surface area contributed by atoms with Crippen molar-refractivity contribution >= 4 is 35.1 Å². The molecule has 1 aromatic heterocycles. The van der Waals surface area contributed by atoms with Gasteiger partial charge in [-0.1, -0.05) is 30.3 Å². The van der Waals surface area contributed by atoms with Gasteiger partial charge in [-0.3, -0.25) is 4.79 Å². The van der Waals surface area contributed by atoms with E-state index in [9.17, 15) is 4.79 Å². The third-order valence-electron chi connectivity index (χ3n) is 2.09. The highest BCUT2D eigenvalue weighted by molar-refractivity contribution is 7.98. The predicted molar refractivity (Wildman–Crippen MR) is 75.2 cm³/mol. The van der Waals surface area contributed by atoms with Gasteiger partial charge >= 0.3 is 0 Å². The Morgan fingerprint density at radius 1 is 1.44 bits per heavy atom. The molecule has 18 heavy (non-hydrogen) atoms. The maximum Gasteiger partial charge on any atom is 0.221 e. The molecule has 7 heteroatoms. The second-order valence-electron chi connectivity index (χ2n) is 3.59. The first-order valence-corrected chi connectivity index (χ1v) is 7.35. The normalized spacial score (nSPS) is 10.2. The van der Waals surface area contributed by atoms with Crippen LogP contribution in [0.25, 0.3) is 0 Å². The van der Waals surface area contributed by atoms with Gasteiger partial charge in [0.2, 0.25) is 5.91 Å². The summed E-state index contributed by atoms with van der Waals surface area (Å²) >= 11 is 7.28. The first-order chi connectivity index (χ1) is 8.65. The molecule has 100 valence electrons. The van der Waals surface area contributed by atoms with Crippen LogP contribution in [-0.2, 0) is 4.79 Å². The summed E-state index contributed by atoms with van der Waals surface area (Å²) in [5.41, 5.74) is 0. The smallest absolute Gasteiger partial charge is 0.221 e. The molecule has 1 aromatic rings. The second kappa shape index (κ2) is 8.16. The molecule has 1 amide bonds. The molecule has 2 N–H and O–H groups in total. The van der Waals surface area contributed by atoms with E-state index in [2.05, 4.69) is 20.6 Å². The lowest BCUT2D eigenvalue weighted by atomic mass is 10.3. The fourth-order valence-electron chi connectivity index (χ4n) is 1.24. The van der Waals surface area contributed by atoms with Crippen molar-refractivity contribution in [2.75, 3.05) is 24.7 Å². The molecule has 0 fully saturated rings. The third kappa shape index (κ3) is 5.55. The molecule has 0 aliphatic heterocycles. The largest absolute Gasteiger partial charge is 0.369 e. The van der Waals surface area contributed by atoms with Gasteiger partial charge < -0.3 is 10.6 Å². The highest BCUT2D eigenvalue weighted by Crippen LogP contribution is 2.16. The van der Waals surface area contributed by atoms with Gasteiger partial charge in [-0.2, -0.15) is 0 Å². The van der Waals surface area contributed by atoms with Crippen LogP contribution in [0.1, 0.15) is 19.8 Å². The number of anilines is 1. The lowest BCUT2D eigenvalue weighted by Crippen LogP contribution is -2.26. The summed E-state index contributed by atoms with van der Waals surface area (Å²) in [6, 6.07) is 1.64. The van der Waals surface area contributed by atoms with Crippen LogP contribution >= 0.6 is 23.4 Å². The molecule has 0 saturated heterocycles. The molecule has 1 rings (SSSR count). The number of aromatic nitrogens is 2. The number of nitrogens with one attached hydrogen (secondary N) is 2. The number of amides is 1. The molecule has 5 nitrogen and oxygen atoms in total. The van der Waals surface area contributed by atoms with Crippen LogP contribution in [0.4, 0.5) is 5.82 Å². The van der Waals surface area contributed by atoms with Crippen molar-refractivity contribution in [3.05, 3.63) is 11.2 Å². The van der Waals surface area contributed by atoms with Crippen LogP contribution in [0.15, 0.2) is 11.2 Å². The molecule has 0 spiro atoms. The molecule has 0 unspecified atom stereocenters. The van der Waals surface area contributed by atoms with Crippen LogP contribution in [0, 0.1) is 0 Å². The summed E-state index contributed by atoms with van der Waals surface area (Å²) < 4.78 is 0. The summed E-state index contributed by atoms with van der Waals surface area (Å²) in [5, 5.41) is 6.88. The van der Waals surface area contributed by atoms with Gasteiger partial charge in [-0.25, -0.2) is 9.97 Å². The van der Waals surface area contributed by atoms with E-state index in [-0.39, 0.29) is 5.91 Å². The van der Waals surface area contributed by atoms with E-state index in [1.807, 2.05) is 13.2 Å². The van der Waals surface area contributed by atoms with Crippen LogP contribution in [0.3, 0.4) is 0 Å². The van der Waals surface area contributed by atoms with Crippen LogP contribution in [-0.4, -0.2) is 35.2 Å². The second-order valence-corrected chi connectivity index (χ2v) is 4.75. The molecule has 0 radical (unpaired) electrons. The predicted octanol–water partition coefficient (Wildman–Crippen LogP) is 2.18. The number of rotatable bonds is 7. The summed E-state index contributed by atoms with van der Waals surface area (Å²) in [7, 11) is 0. The monoisotopic (exact) mass is 288 g/mol. The number of hydrogen-bond acceptors (Lipinski definition) is 5. The summed E-state index contributed by atoms with van der Waals surface area (Å²) in [5.74, 6) is 0.678. The van der Waals surface area contributed by atoms with Crippen molar-refractivity contribution in [2.45, 2.75) is 24.9 Å². The molecular weight excluding hydrogens is 272 g/mol. The van der Waals surface area contributed by atoms with E-state index in [4.69, 9.17) is 11.6 Å². The van der Waals surface area contributed by atoms with Crippen molar-refractivity contribution in [1.29, 1.82) is 0 Å². The van der Waals surface area contributed by atoms with E-state index < -0.39 is 0 Å². The number of halogens is 1. The van der Waals surface area contributed by atoms with Gasteiger partial charge in [0.25, 0.3) is 0 Å². The number of carbonyl (C=O) groups excluding carboxylic acids is 1. The average molecular weight is 289 g/mol. The maximum atomic E-state index is 11.4. The standard InChI is InChI=1S/C11H17ClN4OS/c1-3-5-14-10(17)4-6-13-9-7-8(12)15-11(16-9)18-2/h7H,3-6H2,1-2H3,(H,14,17)(H,13,15,16). The zero-order valence-corrected chi connectivity index (χ0v) is 12.1. The minimum absolute atomic E-state index is 0.0367. The van der Waals surface area contributed by atoms with Crippen LogP contribution in [0.2, 0.25) is 5.15 Å². The highest BCUT2D eigenvalue weighted by atomic mass is 35.5. The SMILES string of the molecule is CCCNC(=O)CCNc1cc(Cl)nc(SC)n1. The molecule has 0 bridgehead atoms. The zero-order chi connectivity index (χ0) is 13.4. The molecule has 0 aliphatic rings. The molecule has 0 aromatic carbocycles. The summed E-state index contributed by atoms with van der Waals surface area (Å²) in [4.78, 5) is 19.6. The van der Waals surface area contributed by atoms with Gasteiger partial charge in [-0.05, 0) is 12.7 Å².